The minimum absolute atomic E-state index is 0.190. The van der Waals surface area contributed by atoms with Crippen molar-refractivity contribution in [3.63, 3.8) is 0 Å². The van der Waals surface area contributed by atoms with E-state index in [1.807, 2.05) is 64.0 Å². The van der Waals surface area contributed by atoms with E-state index in [0.29, 0.717) is 12.0 Å². The van der Waals surface area contributed by atoms with Crippen LogP contribution in [0.15, 0.2) is 81.9 Å². The summed E-state index contributed by atoms with van der Waals surface area (Å²) in [5, 5.41) is 6.96. The van der Waals surface area contributed by atoms with Crippen molar-refractivity contribution in [3.05, 3.63) is 93.7 Å². The Balaban J connectivity index is 1.53. The minimum Gasteiger partial charge on any atom is -0.328 e. The van der Waals surface area contributed by atoms with Crippen molar-refractivity contribution in [2.45, 2.75) is 13.0 Å². The molecule has 0 saturated heterocycles. The van der Waals surface area contributed by atoms with E-state index in [1.165, 1.54) is 0 Å². The second kappa shape index (κ2) is 8.24. The van der Waals surface area contributed by atoms with Crippen LogP contribution in [0.25, 0.3) is 10.6 Å². The van der Waals surface area contributed by atoms with Gasteiger partial charge < -0.3 is 4.57 Å². The van der Waals surface area contributed by atoms with E-state index >= 15 is 0 Å². The monoisotopic (exact) mass is 391 g/mol. The molecule has 0 aliphatic heterocycles. The average Bonchev–Trinajstić information content (AvgIpc) is 3.36. The molecular formula is C21H17N3OS2. The molecule has 4 aromatic rings. The Morgan fingerprint density at radius 1 is 1.04 bits per heavy atom. The van der Waals surface area contributed by atoms with Crippen molar-refractivity contribution in [1.29, 1.82) is 0 Å². The molecule has 0 unspecified atom stereocenters. The number of carbonyl (C=O) groups is 1. The first-order valence-corrected chi connectivity index (χ1v) is 10.3. The zero-order chi connectivity index (χ0) is 18.5. The SMILES string of the molecule is O=C(Cc1csc(-c2ccsc2)n1)N=c1ccccn1Cc1ccccc1. The molecule has 3 aromatic heterocycles. The van der Waals surface area contributed by atoms with Crippen LogP contribution in [-0.4, -0.2) is 15.5 Å². The fourth-order valence-corrected chi connectivity index (χ4v) is 4.24. The molecule has 3 heterocycles. The Kier molecular flexibility index (Phi) is 5.37. The van der Waals surface area contributed by atoms with E-state index in [9.17, 15) is 4.79 Å². The number of hydrogen-bond acceptors (Lipinski definition) is 4. The highest BCUT2D eigenvalue weighted by molar-refractivity contribution is 7.14. The van der Waals surface area contributed by atoms with Crippen molar-refractivity contribution in [2.24, 2.45) is 4.99 Å². The van der Waals surface area contributed by atoms with Crippen LogP contribution in [0.2, 0.25) is 0 Å². The van der Waals surface area contributed by atoms with Gasteiger partial charge in [-0.1, -0.05) is 36.4 Å². The Morgan fingerprint density at radius 2 is 1.89 bits per heavy atom. The first-order valence-electron chi connectivity index (χ1n) is 8.52. The highest BCUT2D eigenvalue weighted by atomic mass is 32.1. The largest absolute Gasteiger partial charge is 0.328 e. The van der Waals surface area contributed by atoms with Crippen molar-refractivity contribution >= 4 is 28.6 Å². The fourth-order valence-electron chi connectivity index (χ4n) is 2.71. The van der Waals surface area contributed by atoms with Gasteiger partial charge in [-0.15, -0.1) is 11.3 Å². The van der Waals surface area contributed by atoms with Gasteiger partial charge >= 0.3 is 0 Å². The lowest BCUT2D eigenvalue weighted by molar-refractivity contribution is -0.117. The van der Waals surface area contributed by atoms with Gasteiger partial charge in [0.05, 0.1) is 12.1 Å². The molecule has 27 heavy (non-hydrogen) atoms. The lowest BCUT2D eigenvalue weighted by atomic mass is 10.2. The van der Waals surface area contributed by atoms with Gasteiger partial charge in [-0.2, -0.15) is 16.3 Å². The van der Waals surface area contributed by atoms with Crippen LogP contribution in [0.1, 0.15) is 11.3 Å². The molecule has 4 rings (SSSR count). The van der Waals surface area contributed by atoms with Crippen LogP contribution < -0.4 is 5.49 Å². The third-order valence-electron chi connectivity index (χ3n) is 4.00. The predicted molar refractivity (Wildman–Crippen MR) is 110 cm³/mol. The first-order chi connectivity index (χ1) is 13.3. The summed E-state index contributed by atoms with van der Waals surface area (Å²) in [5.74, 6) is -0.190. The second-order valence-corrected chi connectivity index (χ2v) is 7.65. The van der Waals surface area contributed by atoms with Gasteiger partial charge in [0.1, 0.15) is 10.5 Å². The van der Waals surface area contributed by atoms with Crippen molar-refractivity contribution in [3.8, 4) is 10.6 Å². The standard InChI is InChI=1S/C21H17N3OS2/c25-20(12-18-15-27-21(22-18)17-9-11-26-14-17)23-19-8-4-5-10-24(19)13-16-6-2-1-3-7-16/h1-11,14-15H,12-13H2. The molecule has 0 spiro atoms. The molecule has 0 radical (unpaired) electrons. The molecule has 134 valence electrons. The quantitative estimate of drug-likeness (QED) is 0.506. The highest BCUT2D eigenvalue weighted by Gasteiger charge is 2.09. The fraction of sp³-hybridized carbons (Fsp3) is 0.0952. The molecule has 0 aliphatic carbocycles. The summed E-state index contributed by atoms with van der Waals surface area (Å²) in [6, 6.07) is 17.9. The first kappa shape index (κ1) is 17.6. The maximum Gasteiger partial charge on any atom is 0.253 e. The highest BCUT2D eigenvalue weighted by Crippen LogP contribution is 2.25. The van der Waals surface area contributed by atoms with Gasteiger partial charge in [0.15, 0.2) is 0 Å². The number of hydrogen-bond donors (Lipinski definition) is 0. The van der Waals surface area contributed by atoms with E-state index in [-0.39, 0.29) is 12.3 Å². The van der Waals surface area contributed by atoms with Crippen LogP contribution in [-0.2, 0) is 17.8 Å². The summed E-state index contributed by atoms with van der Waals surface area (Å²) in [6.45, 7) is 0.673. The number of aromatic nitrogens is 2. The molecule has 1 amide bonds. The summed E-state index contributed by atoms with van der Waals surface area (Å²) in [6.07, 6.45) is 2.15. The number of amides is 1. The Morgan fingerprint density at radius 3 is 2.70 bits per heavy atom. The lowest BCUT2D eigenvalue weighted by Crippen LogP contribution is -2.22. The molecule has 0 atom stereocenters. The molecule has 0 aliphatic rings. The van der Waals surface area contributed by atoms with Gasteiger partial charge in [-0.05, 0) is 29.1 Å². The van der Waals surface area contributed by atoms with Crippen LogP contribution in [0.4, 0.5) is 0 Å². The van der Waals surface area contributed by atoms with Crippen molar-refractivity contribution in [2.75, 3.05) is 0 Å². The third kappa shape index (κ3) is 4.48. The normalized spacial score (nSPS) is 11.6. The predicted octanol–water partition coefficient (Wildman–Crippen LogP) is 4.39. The molecular weight excluding hydrogens is 374 g/mol. The number of nitrogens with zero attached hydrogens (tertiary/aromatic N) is 3. The maximum atomic E-state index is 12.5. The van der Waals surface area contributed by atoms with Crippen LogP contribution in [0.3, 0.4) is 0 Å². The van der Waals surface area contributed by atoms with Gasteiger partial charge in [0, 0.05) is 29.1 Å². The molecule has 0 N–H and O–H groups in total. The molecule has 0 saturated carbocycles. The summed E-state index contributed by atoms with van der Waals surface area (Å²) in [4.78, 5) is 21.3. The summed E-state index contributed by atoms with van der Waals surface area (Å²) in [5.41, 5.74) is 3.68. The molecule has 4 nitrogen and oxygen atoms in total. The van der Waals surface area contributed by atoms with Gasteiger partial charge in [-0.3, -0.25) is 4.79 Å². The second-order valence-electron chi connectivity index (χ2n) is 6.01. The summed E-state index contributed by atoms with van der Waals surface area (Å²) >= 11 is 3.20. The molecule has 6 heteroatoms. The molecule has 1 aromatic carbocycles. The van der Waals surface area contributed by atoms with Gasteiger partial charge in [0.25, 0.3) is 5.91 Å². The summed E-state index contributed by atoms with van der Waals surface area (Å²) < 4.78 is 1.98. The Labute approximate surface area is 165 Å². The van der Waals surface area contributed by atoms with Crippen LogP contribution in [0, 0.1) is 0 Å². The van der Waals surface area contributed by atoms with E-state index in [4.69, 9.17) is 0 Å². The number of rotatable bonds is 5. The van der Waals surface area contributed by atoms with Gasteiger partial charge in [0.2, 0.25) is 0 Å². The molecule has 0 fully saturated rings. The number of benzene rings is 1. The number of carbonyl (C=O) groups excluding carboxylic acids is 1. The van der Waals surface area contributed by atoms with E-state index in [1.54, 1.807) is 22.7 Å². The van der Waals surface area contributed by atoms with Crippen LogP contribution >= 0.6 is 22.7 Å². The van der Waals surface area contributed by atoms with Crippen LogP contribution in [0.5, 0.6) is 0 Å². The molecule has 0 bridgehead atoms. The van der Waals surface area contributed by atoms with Crippen molar-refractivity contribution < 1.29 is 4.79 Å². The lowest BCUT2D eigenvalue weighted by Gasteiger charge is -2.07. The zero-order valence-corrected chi connectivity index (χ0v) is 16.1. The summed E-state index contributed by atoms with van der Waals surface area (Å²) in [7, 11) is 0. The average molecular weight is 392 g/mol. The van der Waals surface area contributed by atoms with Crippen molar-refractivity contribution in [1.82, 2.24) is 9.55 Å². The topological polar surface area (TPSA) is 47.2 Å². The maximum absolute atomic E-state index is 12.5. The Bertz CT molecular complexity index is 1100. The third-order valence-corrected chi connectivity index (χ3v) is 5.63. The smallest absolute Gasteiger partial charge is 0.253 e. The number of thiazole rings is 1. The number of thiophene rings is 1. The minimum atomic E-state index is -0.190. The van der Waals surface area contributed by atoms with E-state index in [0.717, 1.165) is 21.8 Å². The van der Waals surface area contributed by atoms with E-state index < -0.39 is 0 Å². The zero-order valence-electron chi connectivity index (χ0n) is 14.5. The van der Waals surface area contributed by atoms with E-state index in [2.05, 4.69) is 27.5 Å². The van der Waals surface area contributed by atoms with Gasteiger partial charge in [-0.25, -0.2) is 4.98 Å². The number of pyridine rings is 1. The Hall–Kier alpha value is -2.83.